The van der Waals surface area contributed by atoms with Gasteiger partial charge in [0.25, 0.3) is 0 Å². The van der Waals surface area contributed by atoms with Crippen molar-refractivity contribution < 1.29 is 4.43 Å². The summed E-state index contributed by atoms with van der Waals surface area (Å²) in [6.07, 6.45) is 3.71. The van der Waals surface area contributed by atoms with E-state index in [4.69, 9.17) is 4.43 Å². The fraction of sp³-hybridized carbons (Fsp3) is 0.444. The molecule has 218 valence electrons. The quantitative estimate of drug-likeness (QED) is 0.151. The van der Waals surface area contributed by atoms with E-state index in [0.29, 0.717) is 0 Å². The molecule has 0 aromatic heterocycles. The molecule has 3 aromatic rings. The molecule has 0 saturated carbocycles. The number of hydrogen-bond acceptors (Lipinski definition) is 4. The number of rotatable bonds is 8. The van der Waals surface area contributed by atoms with Crippen molar-refractivity contribution >= 4 is 20.1 Å². The summed E-state index contributed by atoms with van der Waals surface area (Å²) in [5.41, 5.74) is 4.99. The molecule has 2 aliphatic rings. The minimum absolute atomic E-state index is 0.173. The normalized spacial score (nSPS) is 20.8. The Morgan fingerprint density at radius 1 is 0.780 bits per heavy atom. The highest BCUT2D eigenvalue weighted by Crippen LogP contribution is 2.45. The Morgan fingerprint density at radius 2 is 1.27 bits per heavy atom. The van der Waals surface area contributed by atoms with Crippen molar-refractivity contribution in [3.05, 3.63) is 119 Å². The minimum atomic E-state index is -1.94. The maximum Gasteiger partial charge on any atom is 0.192 e. The van der Waals surface area contributed by atoms with Gasteiger partial charge in [-0.25, -0.2) is 0 Å². The molecule has 5 heteroatoms. The van der Waals surface area contributed by atoms with Crippen LogP contribution in [0.15, 0.2) is 103 Å². The van der Waals surface area contributed by atoms with Crippen LogP contribution < -0.4 is 0 Å². The van der Waals surface area contributed by atoms with E-state index in [2.05, 4.69) is 152 Å². The smallest absolute Gasteiger partial charge is 0.192 e. The lowest BCUT2D eigenvalue weighted by Crippen LogP contribution is -2.55. The van der Waals surface area contributed by atoms with Crippen LogP contribution in [0.25, 0.3) is 0 Å². The Morgan fingerprint density at radius 3 is 1.73 bits per heavy atom. The van der Waals surface area contributed by atoms with Crippen LogP contribution in [0.1, 0.15) is 43.9 Å². The molecular formula is C36H48N2OSSi. The molecule has 0 radical (unpaired) electrons. The van der Waals surface area contributed by atoms with Crippen molar-refractivity contribution in [2.75, 3.05) is 44.2 Å². The van der Waals surface area contributed by atoms with Crippen molar-refractivity contribution in [2.24, 2.45) is 0 Å². The molecule has 2 heterocycles. The Bertz CT molecular complexity index is 1170. The van der Waals surface area contributed by atoms with Gasteiger partial charge in [-0.1, -0.05) is 118 Å². The monoisotopic (exact) mass is 584 g/mol. The van der Waals surface area contributed by atoms with E-state index in [1.54, 1.807) is 0 Å². The molecule has 1 unspecified atom stereocenters. The highest BCUT2D eigenvalue weighted by molar-refractivity contribution is 7.99. The third kappa shape index (κ3) is 6.60. The highest BCUT2D eigenvalue weighted by Gasteiger charge is 2.46. The maximum atomic E-state index is 7.20. The van der Waals surface area contributed by atoms with Crippen molar-refractivity contribution in [3.8, 4) is 0 Å². The Hall–Kier alpha value is -2.15. The zero-order valence-corrected chi connectivity index (χ0v) is 27.5. The van der Waals surface area contributed by atoms with Gasteiger partial charge in [0.2, 0.25) is 0 Å². The summed E-state index contributed by atoms with van der Waals surface area (Å²) in [6, 6.07) is 33.4. The number of thioether (sulfide) groups is 1. The summed E-state index contributed by atoms with van der Waals surface area (Å²) in [7, 11) is -1.94. The van der Waals surface area contributed by atoms with E-state index in [-0.39, 0.29) is 11.1 Å². The van der Waals surface area contributed by atoms with Gasteiger partial charge in [0, 0.05) is 44.2 Å². The third-order valence-corrected chi connectivity index (χ3v) is 14.9. The summed E-state index contributed by atoms with van der Waals surface area (Å²) < 4.78 is 7.20. The minimum Gasteiger partial charge on any atom is -0.410 e. The molecule has 0 amide bonds. The molecule has 2 saturated heterocycles. The van der Waals surface area contributed by atoms with Gasteiger partial charge < -0.3 is 4.43 Å². The molecule has 1 atom stereocenters. The van der Waals surface area contributed by atoms with Crippen LogP contribution in [-0.2, 0) is 9.96 Å². The van der Waals surface area contributed by atoms with Crippen LogP contribution in [0.5, 0.6) is 0 Å². The fourth-order valence-electron chi connectivity index (χ4n) is 6.12. The van der Waals surface area contributed by atoms with E-state index < -0.39 is 13.9 Å². The Kier molecular flexibility index (Phi) is 9.62. The van der Waals surface area contributed by atoms with Gasteiger partial charge >= 0.3 is 0 Å². The Balaban J connectivity index is 1.59. The zero-order valence-electron chi connectivity index (χ0n) is 25.7. The van der Waals surface area contributed by atoms with Crippen molar-refractivity contribution in [1.82, 2.24) is 9.80 Å². The number of piperidine rings is 1. The van der Waals surface area contributed by atoms with E-state index >= 15 is 0 Å². The van der Waals surface area contributed by atoms with Crippen molar-refractivity contribution in [1.29, 1.82) is 0 Å². The van der Waals surface area contributed by atoms with E-state index in [9.17, 15) is 0 Å². The standard InChI is InChI=1S/C36H48N2OSSi/c1-35(2,3)41(4,5)39-34-22-24-38(29-30(34)21-23-37-25-27-40-28-26-37)36(31-15-9-6-10-16-31,32-17-11-7-12-18-32)33-19-13-8-14-20-33/h6-21,34H,22-29H2,1-5H3. The summed E-state index contributed by atoms with van der Waals surface area (Å²) in [4.78, 5) is 5.35. The van der Waals surface area contributed by atoms with Crippen molar-refractivity contribution in [2.45, 2.75) is 57.0 Å². The van der Waals surface area contributed by atoms with Gasteiger partial charge in [-0.2, -0.15) is 11.8 Å². The first kappa shape index (κ1) is 30.3. The topological polar surface area (TPSA) is 15.7 Å². The number of likely N-dealkylation sites (tertiary alicyclic amines) is 1. The predicted molar refractivity (Wildman–Crippen MR) is 179 cm³/mol. The van der Waals surface area contributed by atoms with Crippen molar-refractivity contribution in [3.63, 3.8) is 0 Å². The molecule has 41 heavy (non-hydrogen) atoms. The van der Waals surface area contributed by atoms with Gasteiger partial charge in [-0.05, 0) is 46.8 Å². The SMILES string of the molecule is CC(C)(C)[Si](C)(C)OC1CCN(C(c2ccccc2)(c2ccccc2)c2ccccc2)CC1=CCN1CCSCC1. The van der Waals surface area contributed by atoms with E-state index in [1.165, 1.54) is 46.9 Å². The average molecular weight is 585 g/mol. The van der Waals surface area contributed by atoms with Gasteiger partial charge in [-0.15, -0.1) is 0 Å². The van der Waals surface area contributed by atoms with Crippen LogP contribution in [-0.4, -0.2) is 68.5 Å². The van der Waals surface area contributed by atoms with Crippen LogP contribution in [0.2, 0.25) is 18.1 Å². The fourth-order valence-corrected chi connectivity index (χ4v) is 8.44. The van der Waals surface area contributed by atoms with Gasteiger partial charge in [0.1, 0.15) is 0 Å². The lowest BCUT2D eigenvalue weighted by Gasteiger charge is -2.50. The Labute approximate surface area is 254 Å². The molecule has 5 rings (SSSR count). The van der Waals surface area contributed by atoms with Crippen LogP contribution >= 0.6 is 11.8 Å². The largest absolute Gasteiger partial charge is 0.410 e. The van der Waals surface area contributed by atoms with Gasteiger partial charge in [-0.3, -0.25) is 9.80 Å². The number of hydrogen-bond donors (Lipinski definition) is 0. The maximum absolute atomic E-state index is 7.20. The lowest BCUT2D eigenvalue weighted by atomic mass is 9.74. The first-order valence-corrected chi connectivity index (χ1v) is 19.4. The van der Waals surface area contributed by atoms with Crippen LogP contribution in [0.3, 0.4) is 0 Å². The van der Waals surface area contributed by atoms with Gasteiger partial charge in [0.15, 0.2) is 8.32 Å². The molecular weight excluding hydrogens is 537 g/mol. The van der Waals surface area contributed by atoms with Gasteiger partial charge in [0.05, 0.1) is 11.6 Å². The second kappa shape index (κ2) is 13.0. The lowest BCUT2D eigenvalue weighted by molar-refractivity contribution is 0.0898. The van der Waals surface area contributed by atoms with E-state index in [1.807, 2.05) is 0 Å². The van der Waals surface area contributed by atoms with Crippen LogP contribution in [0.4, 0.5) is 0 Å². The third-order valence-electron chi connectivity index (χ3n) is 9.46. The average Bonchev–Trinajstić information content (AvgIpc) is 2.99. The number of nitrogens with zero attached hydrogens (tertiary/aromatic N) is 2. The number of benzene rings is 3. The van der Waals surface area contributed by atoms with E-state index in [0.717, 1.165) is 26.1 Å². The first-order chi connectivity index (χ1) is 19.7. The predicted octanol–water partition coefficient (Wildman–Crippen LogP) is 8.05. The second-order valence-corrected chi connectivity index (χ2v) is 19.1. The molecule has 0 N–H and O–H groups in total. The molecule has 2 fully saturated rings. The molecule has 2 aliphatic heterocycles. The molecule has 0 bridgehead atoms. The molecule has 0 aliphatic carbocycles. The second-order valence-electron chi connectivity index (χ2n) is 13.1. The summed E-state index contributed by atoms with van der Waals surface area (Å²) in [5, 5.41) is 0.182. The zero-order chi connectivity index (χ0) is 28.9. The van der Waals surface area contributed by atoms with Crippen LogP contribution in [0, 0.1) is 0 Å². The molecule has 3 aromatic carbocycles. The first-order valence-electron chi connectivity index (χ1n) is 15.3. The summed E-state index contributed by atoms with van der Waals surface area (Å²) in [6.45, 7) is 17.1. The highest BCUT2D eigenvalue weighted by atomic mass is 32.2. The summed E-state index contributed by atoms with van der Waals surface area (Å²) in [5.74, 6) is 2.47. The molecule has 3 nitrogen and oxygen atoms in total. The molecule has 0 spiro atoms. The summed E-state index contributed by atoms with van der Waals surface area (Å²) >= 11 is 2.08.